The summed E-state index contributed by atoms with van der Waals surface area (Å²) in [5.74, 6) is 0.467. The number of carboxylic acids is 1. The van der Waals surface area contributed by atoms with E-state index in [1.54, 1.807) is 31.4 Å². The average Bonchev–Trinajstić information content (AvgIpc) is 2.73. The predicted octanol–water partition coefficient (Wildman–Crippen LogP) is 2.72. The summed E-state index contributed by atoms with van der Waals surface area (Å²) >= 11 is 0. The largest absolute Gasteiger partial charge is 0.493 e. The van der Waals surface area contributed by atoms with Crippen molar-refractivity contribution in [1.29, 1.82) is 0 Å². The molecule has 0 spiro atoms. The van der Waals surface area contributed by atoms with E-state index < -0.39 is 5.97 Å². The number of methoxy groups -OCH3 is 1. The molecule has 2 aromatic carbocycles. The molecule has 1 fully saturated rings. The number of ether oxygens (including phenoxy) is 3. The molecule has 1 aliphatic rings. The molecule has 0 unspecified atom stereocenters. The van der Waals surface area contributed by atoms with Crippen LogP contribution in [0.5, 0.6) is 11.5 Å². The van der Waals surface area contributed by atoms with Gasteiger partial charge in [-0.25, -0.2) is 4.79 Å². The van der Waals surface area contributed by atoms with Crippen LogP contribution < -0.4 is 14.8 Å². The third-order valence-corrected chi connectivity index (χ3v) is 4.63. The van der Waals surface area contributed by atoms with Crippen LogP contribution in [0.1, 0.15) is 15.9 Å². The van der Waals surface area contributed by atoms with Crippen LogP contribution in [0.2, 0.25) is 0 Å². The van der Waals surface area contributed by atoms with Crippen LogP contribution in [0.15, 0.2) is 42.5 Å². The van der Waals surface area contributed by atoms with E-state index >= 15 is 0 Å². The van der Waals surface area contributed by atoms with Gasteiger partial charge in [-0.05, 0) is 29.8 Å². The van der Waals surface area contributed by atoms with Gasteiger partial charge in [-0.15, -0.1) is 0 Å². The average molecular weight is 386 g/mol. The Morgan fingerprint density at radius 3 is 2.57 bits per heavy atom. The number of aromatic carboxylic acids is 1. The molecule has 2 N–H and O–H groups in total. The number of nitrogens with zero attached hydrogens (tertiary/aromatic N) is 1. The lowest BCUT2D eigenvalue weighted by atomic mass is 10.1. The maximum Gasteiger partial charge on any atom is 0.335 e. The second kappa shape index (κ2) is 9.96. The fourth-order valence-electron chi connectivity index (χ4n) is 2.98. The van der Waals surface area contributed by atoms with Crippen molar-refractivity contribution in [3.8, 4) is 11.5 Å². The first kappa shape index (κ1) is 20.0. The highest BCUT2D eigenvalue weighted by Gasteiger charge is 2.11. The molecule has 0 radical (unpaired) electrons. The highest BCUT2D eigenvalue weighted by Crippen LogP contribution is 2.30. The SMILES string of the molecule is COc1ccc(NCc2ccc(C(=O)O)cc2)cc1OCCN1CCOCC1. The minimum Gasteiger partial charge on any atom is -0.493 e. The van der Waals surface area contributed by atoms with Gasteiger partial charge in [-0.2, -0.15) is 0 Å². The van der Waals surface area contributed by atoms with Crippen LogP contribution in [-0.4, -0.2) is 62.5 Å². The summed E-state index contributed by atoms with van der Waals surface area (Å²) in [6, 6.07) is 12.5. The van der Waals surface area contributed by atoms with E-state index in [0.29, 0.717) is 24.7 Å². The van der Waals surface area contributed by atoms with Gasteiger partial charge in [0, 0.05) is 37.9 Å². The number of hydrogen-bond acceptors (Lipinski definition) is 6. The number of anilines is 1. The zero-order valence-corrected chi connectivity index (χ0v) is 16.0. The number of morpholine rings is 1. The molecular weight excluding hydrogens is 360 g/mol. The second-order valence-corrected chi connectivity index (χ2v) is 6.52. The fraction of sp³-hybridized carbons (Fsp3) is 0.381. The molecule has 0 bridgehead atoms. The first-order valence-corrected chi connectivity index (χ1v) is 9.33. The lowest BCUT2D eigenvalue weighted by molar-refractivity contribution is 0.0321. The summed E-state index contributed by atoms with van der Waals surface area (Å²) in [6.07, 6.45) is 0. The summed E-state index contributed by atoms with van der Waals surface area (Å²) in [7, 11) is 1.63. The first-order valence-electron chi connectivity index (χ1n) is 9.33. The Morgan fingerprint density at radius 1 is 1.14 bits per heavy atom. The van der Waals surface area contributed by atoms with Gasteiger partial charge >= 0.3 is 5.97 Å². The second-order valence-electron chi connectivity index (χ2n) is 6.52. The van der Waals surface area contributed by atoms with Crippen LogP contribution in [-0.2, 0) is 11.3 Å². The Kier molecular flexibility index (Phi) is 7.11. The molecule has 0 amide bonds. The lowest BCUT2D eigenvalue weighted by Crippen LogP contribution is -2.38. The summed E-state index contributed by atoms with van der Waals surface area (Å²) in [5, 5.41) is 12.3. The highest BCUT2D eigenvalue weighted by atomic mass is 16.5. The summed E-state index contributed by atoms with van der Waals surface area (Å²) in [4.78, 5) is 13.2. The number of benzene rings is 2. The first-order chi connectivity index (χ1) is 13.7. The third-order valence-electron chi connectivity index (χ3n) is 4.63. The Hall–Kier alpha value is -2.77. The summed E-state index contributed by atoms with van der Waals surface area (Å²) in [6.45, 7) is 5.42. The van der Waals surface area contributed by atoms with E-state index in [9.17, 15) is 4.79 Å². The summed E-state index contributed by atoms with van der Waals surface area (Å²) < 4.78 is 16.7. The van der Waals surface area contributed by atoms with E-state index in [4.69, 9.17) is 19.3 Å². The molecule has 7 heteroatoms. The number of hydrogen-bond donors (Lipinski definition) is 2. The number of rotatable bonds is 9. The van der Waals surface area contributed by atoms with E-state index in [1.807, 2.05) is 18.2 Å². The monoisotopic (exact) mass is 386 g/mol. The minimum atomic E-state index is -0.923. The molecule has 0 saturated carbocycles. The fourth-order valence-corrected chi connectivity index (χ4v) is 2.98. The van der Waals surface area contributed by atoms with Gasteiger partial charge in [0.25, 0.3) is 0 Å². The van der Waals surface area contributed by atoms with Gasteiger partial charge in [0.05, 0.1) is 25.9 Å². The zero-order chi connectivity index (χ0) is 19.8. The van der Waals surface area contributed by atoms with Crippen molar-refractivity contribution in [3.05, 3.63) is 53.6 Å². The van der Waals surface area contributed by atoms with Crippen molar-refractivity contribution in [2.75, 3.05) is 51.9 Å². The molecular formula is C21H26N2O5. The van der Waals surface area contributed by atoms with Gasteiger partial charge in [-0.1, -0.05) is 12.1 Å². The van der Waals surface area contributed by atoms with Crippen molar-refractivity contribution < 1.29 is 24.1 Å². The van der Waals surface area contributed by atoms with E-state index in [2.05, 4.69) is 10.2 Å². The maximum absolute atomic E-state index is 10.9. The Labute approximate surface area is 164 Å². The number of nitrogens with one attached hydrogen (secondary N) is 1. The highest BCUT2D eigenvalue weighted by molar-refractivity contribution is 5.87. The third kappa shape index (κ3) is 5.61. The quantitative estimate of drug-likeness (QED) is 0.686. The van der Waals surface area contributed by atoms with Crippen LogP contribution in [0.4, 0.5) is 5.69 Å². The molecule has 0 atom stereocenters. The van der Waals surface area contributed by atoms with Crippen molar-refractivity contribution in [2.24, 2.45) is 0 Å². The van der Waals surface area contributed by atoms with Crippen molar-refractivity contribution in [2.45, 2.75) is 6.54 Å². The van der Waals surface area contributed by atoms with Gasteiger partial charge in [0.15, 0.2) is 11.5 Å². The molecule has 1 aliphatic heterocycles. The van der Waals surface area contributed by atoms with Gasteiger partial charge in [-0.3, -0.25) is 4.90 Å². The van der Waals surface area contributed by atoms with Crippen LogP contribution in [0, 0.1) is 0 Å². The molecule has 3 rings (SSSR count). The van der Waals surface area contributed by atoms with E-state index in [-0.39, 0.29) is 5.56 Å². The van der Waals surface area contributed by atoms with Gasteiger partial charge < -0.3 is 24.6 Å². The molecule has 1 saturated heterocycles. The Morgan fingerprint density at radius 2 is 1.89 bits per heavy atom. The minimum absolute atomic E-state index is 0.282. The standard InChI is InChI=1S/C21H26N2O5/c1-26-19-7-6-18(22-15-16-2-4-17(5-3-16)21(24)25)14-20(19)28-13-10-23-8-11-27-12-9-23/h2-7,14,22H,8-13,15H2,1H3,(H,24,25). The van der Waals surface area contributed by atoms with Crippen LogP contribution >= 0.6 is 0 Å². The number of carbonyl (C=O) groups is 1. The van der Waals surface area contributed by atoms with Gasteiger partial charge in [0.2, 0.25) is 0 Å². The Balaban J connectivity index is 1.55. The zero-order valence-electron chi connectivity index (χ0n) is 16.0. The molecule has 2 aromatic rings. The smallest absolute Gasteiger partial charge is 0.335 e. The van der Waals surface area contributed by atoms with Crippen molar-refractivity contribution >= 4 is 11.7 Å². The predicted molar refractivity (Wildman–Crippen MR) is 106 cm³/mol. The Bertz CT molecular complexity index is 773. The molecule has 0 aromatic heterocycles. The lowest BCUT2D eigenvalue weighted by Gasteiger charge is -2.26. The molecule has 0 aliphatic carbocycles. The van der Waals surface area contributed by atoms with Crippen LogP contribution in [0.3, 0.4) is 0 Å². The van der Waals surface area contributed by atoms with E-state index in [1.165, 1.54) is 0 Å². The van der Waals surface area contributed by atoms with Gasteiger partial charge in [0.1, 0.15) is 6.61 Å². The molecule has 1 heterocycles. The molecule has 150 valence electrons. The topological polar surface area (TPSA) is 80.3 Å². The molecule has 28 heavy (non-hydrogen) atoms. The normalized spacial score (nSPS) is 14.5. The van der Waals surface area contributed by atoms with Crippen molar-refractivity contribution in [3.63, 3.8) is 0 Å². The number of carboxylic acid groups (broad SMARTS) is 1. The molecule has 7 nitrogen and oxygen atoms in total. The van der Waals surface area contributed by atoms with E-state index in [0.717, 1.165) is 44.1 Å². The van der Waals surface area contributed by atoms with Crippen molar-refractivity contribution in [1.82, 2.24) is 4.90 Å². The van der Waals surface area contributed by atoms with Crippen LogP contribution in [0.25, 0.3) is 0 Å². The summed E-state index contributed by atoms with van der Waals surface area (Å²) in [5.41, 5.74) is 2.18. The maximum atomic E-state index is 10.9.